The minimum absolute atomic E-state index is 0.173. The zero-order chi connectivity index (χ0) is 8.97. The molecule has 0 radical (unpaired) electrons. The fourth-order valence-corrected chi connectivity index (χ4v) is 1.37. The van der Waals surface area contributed by atoms with Crippen LogP contribution in [-0.4, -0.2) is 17.7 Å². The second-order valence-electron chi connectivity index (χ2n) is 2.97. The molecule has 0 aromatic heterocycles. The molecule has 0 saturated heterocycles. The predicted molar refractivity (Wildman–Crippen MR) is 44.7 cm³/mol. The van der Waals surface area contributed by atoms with E-state index in [1.807, 2.05) is 0 Å². The van der Waals surface area contributed by atoms with Gasteiger partial charge in [-0.1, -0.05) is 0 Å². The van der Waals surface area contributed by atoms with E-state index in [0.29, 0.717) is 25.2 Å². The molecule has 3 nitrogen and oxygen atoms in total. The maximum absolute atomic E-state index is 11.0. The quantitative estimate of drug-likeness (QED) is 0.657. The van der Waals surface area contributed by atoms with Crippen molar-refractivity contribution in [2.24, 2.45) is 5.92 Å². The van der Waals surface area contributed by atoms with Crippen molar-refractivity contribution >= 4 is 5.97 Å². The molecule has 0 heterocycles. The van der Waals surface area contributed by atoms with Gasteiger partial charge in [0.05, 0.1) is 18.8 Å². The van der Waals surface area contributed by atoms with Crippen LogP contribution in [0.2, 0.25) is 0 Å². The van der Waals surface area contributed by atoms with Crippen molar-refractivity contribution in [2.75, 3.05) is 6.61 Å². The Hall–Kier alpha value is -0.990. The average Bonchev–Trinajstić information content (AvgIpc) is 2.36. The van der Waals surface area contributed by atoms with Gasteiger partial charge in [-0.3, -0.25) is 4.79 Å². The van der Waals surface area contributed by atoms with Crippen LogP contribution in [0.3, 0.4) is 0 Å². The third-order valence-electron chi connectivity index (χ3n) is 1.93. The molecule has 1 rings (SSSR count). The van der Waals surface area contributed by atoms with Crippen LogP contribution in [0.1, 0.15) is 26.2 Å². The van der Waals surface area contributed by atoms with Crippen LogP contribution in [0.4, 0.5) is 0 Å². The maximum Gasteiger partial charge on any atom is 0.306 e. The van der Waals surface area contributed by atoms with Gasteiger partial charge in [0.2, 0.25) is 0 Å². The zero-order valence-electron chi connectivity index (χ0n) is 7.25. The summed E-state index contributed by atoms with van der Waals surface area (Å²) in [6, 6.07) is 0. The Morgan fingerprint density at radius 2 is 2.58 bits per heavy atom. The average molecular weight is 170 g/mol. The van der Waals surface area contributed by atoms with E-state index in [9.17, 15) is 4.79 Å². The number of rotatable bonds is 3. The lowest BCUT2D eigenvalue weighted by Crippen LogP contribution is -2.08. The predicted octanol–water partition coefficient (Wildman–Crippen LogP) is 1.79. The highest BCUT2D eigenvalue weighted by Crippen LogP contribution is 2.24. The van der Waals surface area contributed by atoms with Gasteiger partial charge in [-0.25, -0.2) is 0 Å². The molecule has 1 aliphatic carbocycles. The lowest BCUT2D eigenvalue weighted by molar-refractivity contribution is -0.143. The normalized spacial score (nSPS) is 22.1. The first-order valence-corrected chi connectivity index (χ1v) is 4.27. The molecule has 0 bridgehead atoms. The summed E-state index contributed by atoms with van der Waals surface area (Å²) < 4.78 is 4.79. The summed E-state index contributed by atoms with van der Waals surface area (Å²) in [5, 5.41) is 9.05. The molecule has 0 aliphatic heterocycles. The van der Waals surface area contributed by atoms with Gasteiger partial charge in [0.25, 0.3) is 0 Å². The van der Waals surface area contributed by atoms with Crippen molar-refractivity contribution in [2.45, 2.75) is 26.2 Å². The van der Waals surface area contributed by atoms with Gasteiger partial charge in [0.1, 0.15) is 0 Å². The highest BCUT2D eigenvalue weighted by molar-refractivity contribution is 5.70. The van der Waals surface area contributed by atoms with Crippen LogP contribution in [-0.2, 0) is 9.53 Å². The van der Waals surface area contributed by atoms with Crippen LogP contribution in [0, 0.1) is 5.92 Å². The van der Waals surface area contributed by atoms with E-state index in [0.717, 1.165) is 6.42 Å². The Bertz CT molecular complexity index is 196. The molecule has 1 atom stereocenters. The van der Waals surface area contributed by atoms with Gasteiger partial charge < -0.3 is 9.84 Å². The Morgan fingerprint density at radius 3 is 3.08 bits per heavy atom. The van der Waals surface area contributed by atoms with E-state index >= 15 is 0 Å². The molecule has 0 saturated carbocycles. The number of aliphatic hydroxyl groups excluding tert-OH is 1. The van der Waals surface area contributed by atoms with E-state index in [2.05, 4.69) is 0 Å². The highest BCUT2D eigenvalue weighted by atomic mass is 16.5. The standard InChI is InChI=1S/C9H14O3/c1-2-12-9(11)6-7-3-4-8(10)5-7/h5,7,10H,2-4,6H2,1H3. The Balaban J connectivity index is 2.28. The molecule has 1 unspecified atom stereocenters. The molecule has 1 aliphatic rings. The summed E-state index contributed by atoms with van der Waals surface area (Å²) in [6.45, 7) is 2.22. The molecule has 68 valence electrons. The summed E-state index contributed by atoms with van der Waals surface area (Å²) in [6.07, 6.45) is 3.71. The first kappa shape index (κ1) is 9.10. The number of ether oxygens (including phenoxy) is 1. The molecule has 0 amide bonds. The second-order valence-corrected chi connectivity index (χ2v) is 2.97. The first-order valence-electron chi connectivity index (χ1n) is 4.27. The van der Waals surface area contributed by atoms with Gasteiger partial charge in [0, 0.05) is 6.42 Å². The minimum atomic E-state index is -0.173. The minimum Gasteiger partial charge on any atom is -0.513 e. The monoisotopic (exact) mass is 170 g/mol. The zero-order valence-corrected chi connectivity index (χ0v) is 7.25. The molecule has 12 heavy (non-hydrogen) atoms. The molecular weight excluding hydrogens is 156 g/mol. The number of carbonyl (C=O) groups is 1. The van der Waals surface area contributed by atoms with Crippen molar-refractivity contribution < 1.29 is 14.6 Å². The molecule has 0 fully saturated rings. The van der Waals surface area contributed by atoms with Crippen molar-refractivity contribution in [1.29, 1.82) is 0 Å². The molecule has 0 aromatic rings. The fraction of sp³-hybridized carbons (Fsp3) is 0.667. The molecule has 1 N–H and O–H groups in total. The molecule has 0 spiro atoms. The van der Waals surface area contributed by atoms with E-state index in [1.165, 1.54) is 0 Å². The van der Waals surface area contributed by atoms with E-state index in [-0.39, 0.29) is 11.9 Å². The number of aliphatic hydroxyl groups is 1. The number of carbonyl (C=O) groups excluding carboxylic acids is 1. The third-order valence-corrected chi connectivity index (χ3v) is 1.93. The smallest absolute Gasteiger partial charge is 0.306 e. The van der Waals surface area contributed by atoms with Crippen LogP contribution in [0.15, 0.2) is 11.8 Å². The summed E-state index contributed by atoms with van der Waals surface area (Å²) in [5.41, 5.74) is 0. The van der Waals surface area contributed by atoms with Crippen molar-refractivity contribution in [3.05, 3.63) is 11.8 Å². The topological polar surface area (TPSA) is 46.5 Å². The number of allylic oxidation sites excluding steroid dienone is 2. The van der Waals surface area contributed by atoms with E-state index in [1.54, 1.807) is 13.0 Å². The van der Waals surface area contributed by atoms with E-state index in [4.69, 9.17) is 9.84 Å². The first-order chi connectivity index (χ1) is 5.72. The van der Waals surface area contributed by atoms with Crippen LogP contribution >= 0.6 is 0 Å². The summed E-state index contributed by atoms with van der Waals surface area (Å²) in [4.78, 5) is 11.0. The number of hydrogen-bond acceptors (Lipinski definition) is 3. The Kier molecular flexibility index (Phi) is 3.14. The van der Waals surface area contributed by atoms with Gasteiger partial charge in [-0.2, -0.15) is 0 Å². The number of hydrogen-bond donors (Lipinski definition) is 1. The van der Waals surface area contributed by atoms with Crippen molar-refractivity contribution in [3.63, 3.8) is 0 Å². The lowest BCUT2D eigenvalue weighted by Gasteiger charge is -2.04. The largest absolute Gasteiger partial charge is 0.513 e. The third kappa shape index (κ3) is 2.57. The van der Waals surface area contributed by atoms with Crippen molar-refractivity contribution in [3.8, 4) is 0 Å². The number of esters is 1. The fourth-order valence-electron chi connectivity index (χ4n) is 1.37. The molecular formula is C9H14O3. The van der Waals surface area contributed by atoms with Crippen LogP contribution < -0.4 is 0 Å². The van der Waals surface area contributed by atoms with Gasteiger partial charge in [-0.15, -0.1) is 0 Å². The summed E-state index contributed by atoms with van der Waals surface area (Å²) >= 11 is 0. The second kappa shape index (κ2) is 4.14. The maximum atomic E-state index is 11.0. The highest BCUT2D eigenvalue weighted by Gasteiger charge is 2.18. The van der Waals surface area contributed by atoms with Gasteiger partial charge >= 0.3 is 5.97 Å². The Labute approximate surface area is 72.0 Å². The van der Waals surface area contributed by atoms with Crippen molar-refractivity contribution in [1.82, 2.24) is 0 Å². The van der Waals surface area contributed by atoms with Crippen LogP contribution in [0.5, 0.6) is 0 Å². The molecule has 0 aromatic carbocycles. The van der Waals surface area contributed by atoms with Crippen LogP contribution in [0.25, 0.3) is 0 Å². The molecule has 3 heteroatoms. The Morgan fingerprint density at radius 1 is 1.83 bits per heavy atom. The SMILES string of the molecule is CCOC(=O)CC1C=C(O)CC1. The lowest BCUT2D eigenvalue weighted by atomic mass is 10.1. The summed E-state index contributed by atoms with van der Waals surface area (Å²) in [7, 11) is 0. The van der Waals surface area contributed by atoms with E-state index < -0.39 is 0 Å². The van der Waals surface area contributed by atoms with Gasteiger partial charge in [-0.05, 0) is 25.3 Å². The van der Waals surface area contributed by atoms with Gasteiger partial charge in [0.15, 0.2) is 0 Å². The summed E-state index contributed by atoms with van der Waals surface area (Å²) in [5.74, 6) is 0.418.